The van der Waals surface area contributed by atoms with Gasteiger partial charge in [-0.05, 0) is 98.2 Å². The third kappa shape index (κ3) is 11.2. The first-order chi connectivity index (χ1) is 29.2. The molecule has 3 heterocycles. The number of aryl methyl sites for hydroxylation is 2. The summed E-state index contributed by atoms with van der Waals surface area (Å²) < 4.78 is 5.35. The van der Waals surface area contributed by atoms with Gasteiger partial charge in [0.15, 0.2) is 11.6 Å². The molecular formula is C47H53N6NaO8. The van der Waals surface area contributed by atoms with Gasteiger partial charge in [0.05, 0.1) is 25.4 Å². The number of nitrogens with zero attached hydrogens (tertiary/aromatic N) is 3. The van der Waals surface area contributed by atoms with Crippen LogP contribution in [0.25, 0.3) is 0 Å². The third-order valence-electron chi connectivity index (χ3n) is 12.2. The Hall–Kier alpha value is -4.93. The van der Waals surface area contributed by atoms with Crippen LogP contribution in [0.2, 0.25) is 0 Å². The van der Waals surface area contributed by atoms with E-state index in [1.165, 1.54) is 0 Å². The minimum Gasteiger partial charge on any atom is -0.870 e. The molecule has 0 saturated carbocycles. The molecule has 14 nitrogen and oxygen atoms in total. The molecule has 4 aromatic carbocycles. The minimum atomic E-state index is -0.287. The number of nitrogens with one attached hydrogen (secondary N) is 3. The molecule has 0 unspecified atom stereocenters. The largest absolute Gasteiger partial charge is 1.00 e. The molecule has 9 rings (SSSR count). The zero-order valence-electron chi connectivity index (χ0n) is 35.2. The van der Waals surface area contributed by atoms with Gasteiger partial charge in [-0.3, -0.25) is 33.9 Å². The monoisotopic (exact) mass is 852 g/mol. The number of hydrogen-bond acceptors (Lipinski definition) is 11. The van der Waals surface area contributed by atoms with Crippen LogP contribution in [0.1, 0.15) is 81.5 Å². The van der Waals surface area contributed by atoms with Crippen molar-refractivity contribution in [2.24, 2.45) is 0 Å². The summed E-state index contributed by atoms with van der Waals surface area (Å²) in [4.78, 5) is 67.0. The molecule has 0 radical (unpaired) electrons. The summed E-state index contributed by atoms with van der Waals surface area (Å²) in [6.45, 7) is 4.21. The Labute approximate surface area is 384 Å². The van der Waals surface area contributed by atoms with Gasteiger partial charge in [-0.25, -0.2) is 4.79 Å². The van der Waals surface area contributed by atoms with Gasteiger partial charge in [-0.15, -0.1) is 0 Å². The first kappa shape index (κ1) is 46.6. The average molecular weight is 853 g/mol. The van der Waals surface area contributed by atoms with E-state index in [9.17, 15) is 29.1 Å². The molecule has 0 bridgehead atoms. The van der Waals surface area contributed by atoms with E-state index in [4.69, 9.17) is 4.74 Å². The van der Waals surface area contributed by atoms with Crippen LogP contribution in [0.15, 0.2) is 84.9 Å². The van der Waals surface area contributed by atoms with E-state index < -0.39 is 0 Å². The molecule has 0 atom stereocenters. The molecule has 2 fully saturated rings. The van der Waals surface area contributed by atoms with Crippen molar-refractivity contribution in [3.05, 3.63) is 118 Å². The first-order valence-electron chi connectivity index (χ1n) is 21.1. The molecule has 5 aliphatic rings. The summed E-state index contributed by atoms with van der Waals surface area (Å²) in [5, 5.41) is 18.9. The number of hydrogen-bond donors (Lipinski definition) is 4. The van der Waals surface area contributed by atoms with Crippen LogP contribution in [0, 0.1) is 0 Å². The second-order valence-electron chi connectivity index (χ2n) is 16.3. The molecule has 4 aromatic rings. The van der Waals surface area contributed by atoms with Crippen LogP contribution in [0.3, 0.4) is 0 Å². The molecule has 5 N–H and O–H groups in total. The van der Waals surface area contributed by atoms with Crippen LogP contribution >= 0.6 is 0 Å². The molecule has 0 spiro atoms. The van der Waals surface area contributed by atoms with Crippen LogP contribution in [0.4, 0.5) is 27.5 Å². The Bertz CT molecular complexity index is 2270. The summed E-state index contributed by atoms with van der Waals surface area (Å²) in [7, 11) is 0. The maximum Gasteiger partial charge on any atom is 1.00 e. The second kappa shape index (κ2) is 21.4. The number of aliphatic hydroxyl groups excluding tert-OH is 1. The predicted octanol–water partition coefficient (Wildman–Crippen LogP) is 3.03. The number of ether oxygens (including phenoxy) is 1. The first-order valence-corrected chi connectivity index (χ1v) is 21.1. The summed E-state index contributed by atoms with van der Waals surface area (Å²) in [5.74, 6) is 0.281. The Morgan fingerprint density at radius 2 is 1.19 bits per heavy atom. The molecule has 2 aliphatic carbocycles. The van der Waals surface area contributed by atoms with E-state index in [1.807, 2.05) is 72.8 Å². The van der Waals surface area contributed by atoms with Crippen molar-refractivity contribution in [3.63, 3.8) is 0 Å². The van der Waals surface area contributed by atoms with E-state index in [1.54, 1.807) is 17.0 Å². The zero-order chi connectivity index (χ0) is 41.6. The number of benzene rings is 4. The van der Waals surface area contributed by atoms with E-state index in [0.29, 0.717) is 38.6 Å². The van der Waals surface area contributed by atoms with E-state index in [-0.39, 0.29) is 77.2 Å². The third-order valence-corrected chi connectivity index (χ3v) is 12.2. The summed E-state index contributed by atoms with van der Waals surface area (Å²) in [5.41, 5.74) is 8.97. The number of Topliss-reactive ketones (excluding diaryl/α,β-unsaturated/α-hetero) is 2. The Balaban J connectivity index is 0.000000201. The zero-order valence-corrected chi connectivity index (χ0v) is 37.2. The molecule has 0 aromatic heterocycles. The summed E-state index contributed by atoms with van der Waals surface area (Å²) in [6.07, 6.45) is 5.82. The Morgan fingerprint density at radius 1 is 0.661 bits per heavy atom. The number of aliphatic hydroxyl groups is 1. The number of ketones is 2. The molecule has 3 aliphatic heterocycles. The number of anilines is 4. The SMILES string of the molecule is O=C(CN1CCC(N2C(=O)OCc3ccccc32)CC1)Nc1ccc2c(c1)CCC2=O.O=C(CN1CCC(Nc2ccccc2CO)CC1)Nc1ccc2c(c1)CCC2=O.[Na+].[OH-]. The molecule has 62 heavy (non-hydrogen) atoms. The van der Waals surface area contributed by atoms with Gasteiger partial charge in [0.25, 0.3) is 0 Å². The van der Waals surface area contributed by atoms with Crippen molar-refractivity contribution >= 4 is 52.2 Å². The fraction of sp³-hybridized carbons (Fsp3) is 0.383. The topological polar surface area (TPSA) is 191 Å². The molecule has 2 saturated heterocycles. The Kier molecular flexibility index (Phi) is 16.1. The van der Waals surface area contributed by atoms with Gasteiger partial charge in [-0.2, -0.15) is 0 Å². The van der Waals surface area contributed by atoms with Crippen molar-refractivity contribution in [1.29, 1.82) is 0 Å². The standard InChI is InChI=1S/C24H25N3O4.C23H27N3O3.Na.H2O/c28-22-8-5-16-13-18(6-7-20(16)22)25-23(29)14-26-11-9-19(10-12-26)27-21-4-2-1-3-17(21)15-31-24(27)30;27-15-17-3-1-2-4-21(17)24-18-9-11-26(12-10-18)14-23(29)25-19-6-7-20-16(13-19)5-8-22(20)28;;/h1-4,6-7,13,19H,5,8-12,14-15H2,(H,25,29);1-4,6-7,13,18,24,27H,5,8-12,14-15H2,(H,25,29);;1H2/q;;+1;/p-1. The van der Waals surface area contributed by atoms with Gasteiger partial charge in [0, 0.05) is 90.4 Å². The van der Waals surface area contributed by atoms with Crippen LogP contribution < -0.4 is 50.4 Å². The number of fused-ring (bicyclic) bond motifs is 3. The van der Waals surface area contributed by atoms with E-state index in [2.05, 4.69) is 25.8 Å². The predicted molar refractivity (Wildman–Crippen MR) is 231 cm³/mol. The number of para-hydroxylation sites is 2. The van der Waals surface area contributed by atoms with Gasteiger partial charge in [0.1, 0.15) is 6.61 Å². The maximum atomic E-state index is 12.5. The van der Waals surface area contributed by atoms with Gasteiger partial charge >= 0.3 is 35.7 Å². The van der Waals surface area contributed by atoms with Crippen molar-refractivity contribution < 1.29 is 68.8 Å². The maximum absolute atomic E-state index is 12.5. The number of amides is 3. The number of rotatable bonds is 10. The summed E-state index contributed by atoms with van der Waals surface area (Å²) >= 11 is 0. The van der Waals surface area contributed by atoms with E-state index in [0.717, 1.165) is 121 Å². The van der Waals surface area contributed by atoms with Gasteiger partial charge < -0.3 is 31.3 Å². The van der Waals surface area contributed by atoms with Crippen LogP contribution in [-0.4, -0.2) is 101 Å². The smallest absolute Gasteiger partial charge is 0.870 e. The number of cyclic esters (lactones) is 1. The fourth-order valence-corrected chi connectivity index (χ4v) is 8.98. The minimum absolute atomic E-state index is 0. The van der Waals surface area contributed by atoms with E-state index >= 15 is 0 Å². The van der Waals surface area contributed by atoms with Crippen LogP contribution in [-0.2, 0) is 40.4 Å². The second-order valence-corrected chi connectivity index (χ2v) is 16.3. The number of likely N-dealkylation sites (tertiary alicyclic amines) is 2. The van der Waals surface area contributed by atoms with Crippen molar-refractivity contribution in [2.45, 2.75) is 76.7 Å². The van der Waals surface area contributed by atoms with Gasteiger partial charge in [-0.1, -0.05) is 36.4 Å². The van der Waals surface area contributed by atoms with Crippen molar-refractivity contribution in [2.75, 3.05) is 60.1 Å². The number of carbonyl (C=O) groups excluding carboxylic acids is 5. The molecule has 15 heteroatoms. The number of carbonyl (C=O) groups is 5. The fourth-order valence-electron chi connectivity index (χ4n) is 8.98. The Morgan fingerprint density at radius 3 is 1.77 bits per heavy atom. The summed E-state index contributed by atoms with van der Waals surface area (Å²) in [6, 6.07) is 27.2. The average Bonchev–Trinajstić information content (AvgIpc) is 3.82. The number of piperidine rings is 2. The van der Waals surface area contributed by atoms with Crippen molar-refractivity contribution in [1.82, 2.24) is 9.80 Å². The normalized spacial score (nSPS) is 17.6. The van der Waals surface area contributed by atoms with Crippen molar-refractivity contribution in [3.8, 4) is 0 Å². The van der Waals surface area contributed by atoms with Gasteiger partial charge in [0.2, 0.25) is 11.8 Å². The molecular weight excluding hydrogens is 800 g/mol. The van der Waals surface area contributed by atoms with Crippen LogP contribution in [0.5, 0.6) is 0 Å². The molecule has 320 valence electrons. The quantitative estimate of drug-likeness (QED) is 0.172. The molecule has 3 amide bonds.